The summed E-state index contributed by atoms with van der Waals surface area (Å²) in [5.41, 5.74) is 0.684. The molecule has 1 heterocycles. The number of halogens is 1. The monoisotopic (exact) mass is 413 g/mol. The van der Waals surface area contributed by atoms with E-state index < -0.39 is 17.3 Å². The van der Waals surface area contributed by atoms with Gasteiger partial charge in [0.05, 0.1) is 16.6 Å². The number of carbonyl (C=O) groups is 1. The zero-order valence-electron chi connectivity index (χ0n) is 16.9. The average molecular weight is 414 g/mol. The lowest BCUT2D eigenvalue weighted by Gasteiger charge is -2.20. The number of benzene rings is 2. The highest BCUT2D eigenvalue weighted by Crippen LogP contribution is 2.19. The first-order chi connectivity index (χ1) is 13.7. The second kappa shape index (κ2) is 8.25. The Morgan fingerprint density at radius 2 is 1.83 bits per heavy atom. The summed E-state index contributed by atoms with van der Waals surface area (Å²) in [5, 5.41) is 3.55. The van der Waals surface area contributed by atoms with Crippen molar-refractivity contribution in [2.45, 2.75) is 33.7 Å². The Balaban J connectivity index is 2.30. The van der Waals surface area contributed by atoms with Gasteiger partial charge in [-0.25, -0.2) is 9.36 Å². The van der Waals surface area contributed by atoms with Crippen molar-refractivity contribution in [2.24, 2.45) is 5.92 Å². The van der Waals surface area contributed by atoms with Gasteiger partial charge in [0.1, 0.15) is 6.04 Å². The molecule has 152 valence electrons. The summed E-state index contributed by atoms with van der Waals surface area (Å²) in [5.74, 6) is -0.0215. The Morgan fingerprint density at radius 3 is 2.48 bits per heavy atom. The quantitative estimate of drug-likeness (QED) is 0.696. The summed E-state index contributed by atoms with van der Waals surface area (Å²) < 4.78 is 2.44. The van der Waals surface area contributed by atoms with Gasteiger partial charge in [0.25, 0.3) is 5.56 Å². The van der Waals surface area contributed by atoms with Gasteiger partial charge in [-0.2, -0.15) is 0 Å². The second-order valence-electron chi connectivity index (χ2n) is 7.61. The van der Waals surface area contributed by atoms with Gasteiger partial charge < -0.3 is 5.32 Å². The first-order valence-corrected chi connectivity index (χ1v) is 9.90. The van der Waals surface area contributed by atoms with Gasteiger partial charge in [-0.3, -0.25) is 14.2 Å². The van der Waals surface area contributed by atoms with Crippen LogP contribution in [0, 0.1) is 12.8 Å². The number of nitrogens with zero attached hydrogens (tertiary/aromatic N) is 2. The van der Waals surface area contributed by atoms with Crippen LogP contribution in [-0.4, -0.2) is 21.6 Å². The van der Waals surface area contributed by atoms with E-state index in [1.807, 2.05) is 26.8 Å². The normalized spacial score (nSPS) is 12.3. The van der Waals surface area contributed by atoms with E-state index in [4.69, 9.17) is 11.6 Å². The lowest BCUT2D eigenvalue weighted by Crippen LogP contribution is -2.44. The van der Waals surface area contributed by atoms with Crippen molar-refractivity contribution in [1.29, 1.82) is 0 Å². The van der Waals surface area contributed by atoms with Crippen LogP contribution in [0.1, 0.15) is 32.4 Å². The summed E-state index contributed by atoms with van der Waals surface area (Å²) >= 11 is 6.14. The lowest BCUT2D eigenvalue weighted by atomic mass is 10.1. The predicted octanol–water partition coefficient (Wildman–Crippen LogP) is 3.45. The van der Waals surface area contributed by atoms with Gasteiger partial charge in [0, 0.05) is 11.6 Å². The van der Waals surface area contributed by atoms with E-state index in [9.17, 15) is 14.4 Å². The summed E-state index contributed by atoms with van der Waals surface area (Å²) in [6.07, 6.45) is 0. The van der Waals surface area contributed by atoms with E-state index in [0.717, 1.165) is 10.1 Å². The number of fused-ring (bicyclic) bond motifs is 1. The molecular weight excluding hydrogens is 390 g/mol. The van der Waals surface area contributed by atoms with Crippen LogP contribution in [0.2, 0.25) is 5.02 Å². The molecule has 0 saturated heterocycles. The van der Waals surface area contributed by atoms with Crippen molar-refractivity contribution in [3.05, 3.63) is 73.9 Å². The topological polar surface area (TPSA) is 73.1 Å². The molecule has 3 rings (SSSR count). The molecule has 2 aromatic carbocycles. The fourth-order valence-electron chi connectivity index (χ4n) is 3.24. The van der Waals surface area contributed by atoms with Gasteiger partial charge in [-0.1, -0.05) is 37.6 Å². The maximum atomic E-state index is 13.4. The molecule has 1 N–H and O–H groups in total. The molecule has 1 unspecified atom stereocenters. The predicted molar refractivity (Wildman–Crippen MR) is 116 cm³/mol. The van der Waals surface area contributed by atoms with Gasteiger partial charge in [0.2, 0.25) is 5.91 Å². The number of aryl methyl sites for hydroxylation is 1. The van der Waals surface area contributed by atoms with Crippen LogP contribution >= 0.6 is 11.6 Å². The number of rotatable bonds is 5. The number of aromatic nitrogens is 2. The average Bonchev–Trinajstić information content (AvgIpc) is 2.66. The van der Waals surface area contributed by atoms with E-state index >= 15 is 0 Å². The molecule has 0 aliphatic heterocycles. The van der Waals surface area contributed by atoms with E-state index in [0.29, 0.717) is 28.2 Å². The van der Waals surface area contributed by atoms with Crippen LogP contribution < -0.4 is 16.6 Å². The van der Waals surface area contributed by atoms with E-state index in [1.165, 1.54) is 4.57 Å². The molecule has 0 aliphatic carbocycles. The van der Waals surface area contributed by atoms with Crippen molar-refractivity contribution in [3.8, 4) is 5.69 Å². The van der Waals surface area contributed by atoms with Crippen LogP contribution in [0.4, 0.5) is 0 Å². The van der Waals surface area contributed by atoms with Crippen molar-refractivity contribution >= 4 is 28.4 Å². The first kappa shape index (κ1) is 20.9. The number of carbonyl (C=O) groups excluding carboxylic acids is 1. The highest BCUT2D eigenvalue weighted by molar-refractivity contribution is 6.31. The standard InChI is InChI=1S/C22H24ClN3O3/c1-13(2)12-24-20(27)15(4)25-19-11-16(23)8-9-18(19)21(28)26(22(25)29)17-7-5-6-14(3)10-17/h5-11,13,15H,12H2,1-4H3,(H,24,27). The maximum absolute atomic E-state index is 13.4. The van der Waals surface area contributed by atoms with Crippen molar-refractivity contribution in [3.63, 3.8) is 0 Å². The fraction of sp³-hybridized carbons (Fsp3) is 0.318. The molecule has 0 fully saturated rings. The third-order valence-electron chi connectivity index (χ3n) is 4.76. The van der Waals surface area contributed by atoms with Crippen LogP contribution in [0.15, 0.2) is 52.1 Å². The van der Waals surface area contributed by atoms with E-state index in [2.05, 4.69) is 5.32 Å². The summed E-state index contributed by atoms with van der Waals surface area (Å²) in [4.78, 5) is 39.3. The van der Waals surface area contributed by atoms with Gasteiger partial charge in [-0.05, 0) is 55.7 Å². The smallest absolute Gasteiger partial charge is 0.336 e. The summed E-state index contributed by atoms with van der Waals surface area (Å²) in [6.45, 7) is 8.00. The fourth-order valence-corrected chi connectivity index (χ4v) is 3.41. The third kappa shape index (κ3) is 4.12. The number of hydrogen-bond acceptors (Lipinski definition) is 3. The molecule has 1 aromatic heterocycles. The molecule has 1 atom stereocenters. The summed E-state index contributed by atoms with van der Waals surface area (Å²) in [7, 11) is 0. The van der Waals surface area contributed by atoms with Gasteiger partial charge in [-0.15, -0.1) is 0 Å². The minimum Gasteiger partial charge on any atom is -0.354 e. The molecule has 6 nitrogen and oxygen atoms in total. The Hall–Kier alpha value is -2.86. The number of hydrogen-bond donors (Lipinski definition) is 1. The Labute approximate surface area is 173 Å². The molecule has 0 bridgehead atoms. The van der Waals surface area contributed by atoms with Crippen LogP contribution in [-0.2, 0) is 4.79 Å². The van der Waals surface area contributed by atoms with Crippen molar-refractivity contribution in [2.75, 3.05) is 6.54 Å². The number of nitrogens with one attached hydrogen (secondary N) is 1. The Morgan fingerprint density at radius 1 is 1.10 bits per heavy atom. The molecule has 0 spiro atoms. The molecule has 0 saturated carbocycles. The van der Waals surface area contributed by atoms with Crippen LogP contribution in [0.5, 0.6) is 0 Å². The molecule has 0 aliphatic rings. The molecule has 3 aromatic rings. The minimum absolute atomic E-state index is 0.273. The number of amides is 1. The molecule has 0 radical (unpaired) electrons. The second-order valence-corrected chi connectivity index (χ2v) is 8.05. The van der Waals surface area contributed by atoms with Gasteiger partial charge in [0.15, 0.2) is 0 Å². The highest BCUT2D eigenvalue weighted by Gasteiger charge is 2.23. The van der Waals surface area contributed by atoms with Crippen LogP contribution in [0.25, 0.3) is 16.6 Å². The Kier molecular flexibility index (Phi) is 5.94. The van der Waals surface area contributed by atoms with Gasteiger partial charge >= 0.3 is 5.69 Å². The zero-order chi connectivity index (χ0) is 21.3. The highest BCUT2D eigenvalue weighted by atomic mass is 35.5. The minimum atomic E-state index is -0.820. The summed E-state index contributed by atoms with van der Waals surface area (Å²) in [6, 6.07) is 11.0. The van der Waals surface area contributed by atoms with Crippen LogP contribution in [0.3, 0.4) is 0 Å². The van der Waals surface area contributed by atoms with Crippen molar-refractivity contribution in [1.82, 2.24) is 14.5 Å². The van der Waals surface area contributed by atoms with E-state index in [-0.39, 0.29) is 11.8 Å². The lowest BCUT2D eigenvalue weighted by molar-refractivity contribution is -0.124. The zero-order valence-corrected chi connectivity index (χ0v) is 17.7. The SMILES string of the molecule is Cc1cccc(-n2c(=O)c3ccc(Cl)cc3n(C(C)C(=O)NCC(C)C)c2=O)c1. The molecule has 1 amide bonds. The largest absolute Gasteiger partial charge is 0.354 e. The molecular formula is C22H24ClN3O3. The maximum Gasteiger partial charge on any atom is 0.336 e. The van der Waals surface area contributed by atoms with E-state index in [1.54, 1.807) is 43.3 Å². The third-order valence-corrected chi connectivity index (χ3v) is 5.00. The first-order valence-electron chi connectivity index (χ1n) is 9.52. The molecule has 7 heteroatoms. The van der Waals surface area contributed by atoms with Crippen molar-refractivity contribution < 1.29 is 4.79 Å². The molecule has 29 heavy (non-hydrogen) atoms. The Bertz CT molecular complexity index is 1190.